The highest BCUT2D eigenvalue weighted by molar-refractivity contribution is 7.92. The van der Waals surface area contributed by atoms with Crippen molar-refractivity contribution in [2.75, 3.05) is 71.6 Å². The normalized spacial score (nSPS) is 21.6. The quantitative estimate of drug-likeness (QED) is 0.443. The van der Waals surface area contributed by atoms with Crippen LogP contribution in [0, 0.1) is 5.41 Å². The number of fused-ring (bicyclic) bond motifs is 1. The molecule has 6 rings (SSSR count). The van der Waals surface area contributed by atoms with E-state index < -0.39 is 16.6 Å². The predicted molar refractivity (Wildman–Crippen MR) is 155 cm³/mol. The molecule has 2 saturated heterocycles. The molecular weight excluding hydrogens is 532 g/mol. The van der Waals surface area contributed by atoms with Gasteiger partial charge in [0, 0.05) is 43.7 Å². The maximum atomic E-state index is 13.7. The summed E-state index contributed by atoms with van der Waals surface area (Å²) in [6, 6.07) is 9.02. The summed E-state index contributed by atoms with van der Waals surface area (Å²) in [6.07, 6.45) is 5.58. The number of ether oxygens (including phenoxy) is 2. The van der Waals surface area contributed by atoms with Gasteiger partial charge in [0.05, 0.1) is 54.4 Å². The zero-order valence-corrected chi connectivity index (χ0v) is 23.8. The van der Waals surface area contributed by atoms with Crippen LogP contribution in [-0.4, -0.2) is 77.3 Å². The van der Waals surface area contributed by atoms with Crippen molar-refractivity contribution in [1.29, 1.82) is 0 Å². The summed E-state index contributed by atoms with van der Waals surface area (Å²) in [4.78, 5) is 18.2. The molecule has 2 aromatic rings. The van der Waals surface area contributed by atoms with Crippen LogP contribution in [-0.2, 0) is 21.2 Å². The summed E-state index contributed by atoms with van der Waals surface area (Å²) >= 11 is 0. The largest absolute Gasteiger partial charge is 0.491 e. The Bertz CT molecular complexity index is 1380. The first-order valence-corrected chi connectivity index (χ1v) is 15.9. The lowest BCUT2D eigenvalue weighted by molar-refractivity contribution is 0.0530. The van der Waals surface area contributed by atoms with Crippen molar-refractivity contribution in [2.45, 2.75) is 45.1 Å². The SMILES string of the molecule is C[C@H]1CN(c2cc(C(=O)Nc3ccc(NS(=O)(=O)CCO)cc3N3CCC4(CC3)CC4)cc3c2OCC3)CCO1. The van der Waals surface area contributed by atoms with Crippen LogP contribution in [0.2, 0.25) is 0 Å². The molecule has 1 aliphatic carbocycles. The summed E-state index contributed by atoms with van der Waals surface area (Å²) in [7, 11) is -3.68. The third kappa shape index (κ3) is 5.73. The van der Waals surface area contributed by atoms with Gasteiger partial charge in [-0.25, -0.2) is 8.42 Å². The number of anilines is 4. The Balaban J connectivity index is 1.28. The zero-order valence-electron chi connectivity index (χ0n) is 22.9. The molecule has 1 spiro atoms. The standard InChI is InChI=1S/C29H38N4O6S/c1-20-19-33(11-14-38-20)26-17-22(16-21-4-13-39-27(21)26)28(35)30-24-3-2-23(31-40(36,37)15-12-34)18-25(24)32-9-7-29(5-6-29)8-10-32/h2-3,16-18,20,31,34H,4-15,19H2,1H3,(H,30,35)/t20-/m0/s1. The number of piperidine rings is 1. The second-order valence-corrected chi connectivity index (χ2v) is 13.4. The van der Waals surface area contributed by atoms with Crippen molar-refractivity contribution in [3.8, 4) is 5.75 Å². The predicted octanol–water partition coefficient (Wildman–Crippen LogP) is 3.21. The summed E-state index contributed by atoms with van der Waals surface area (Å²) in [5.41, 5.74) is 4.83. The fraction of sp³-hybridized carbons (Fsp3) is 0.552. The average Bonchev–Trinajstić information content (AvgIpc) is 3.50. The number of hydrogen-bond donors (Lipinski definition) is 3. The molecule has 2 aromatic carbocycles. The first kappa shape index (κ1) is 27.2. The molecular formula is C29H38N4O6S. The first-order valence-electron chi connectivity index (χ1n) is 14.2. The third-order valence-electron chi connectivity index (χ3n) is 8.61. The number of rotatable bonds is 8. The first-order chi connectivity index (χ1) is 19.2. The van der Waals surface area contributed by atoms with Gasteiger partial charge >= 0.3 is 0 Å². The summed E-state index contributed by atoms with van der Waals surface area (Å²) in [6.45, 7) is 5.99. The van der Waals surface area contributed by atoms with Crippen molar-refractivity contribution in [2.24, 2.45) is 5.41 Å². The number of morpholine rings is 1. The average molecular weight is 571 g/mol. The molecule has 1 atom stereocenters. The highest BCUT2D eigenvalue weighted by Gasteiger charge is 2.44. The minimum absolute atomic E-state index is 0.0958. The van der Waals surface area contributed by atoms with E-state index in [1.54, 1.807) is 18.2 Å². The molecule has 3 fully saturated rings. The maximum absolute atomic E-state index is 13.7. The second-order valence-electron chi connectivity index (χ2n) is 11.5. The van der Waals surface area contributed by atoms with Crippen LogP contribution in [0.1, 0.15) is 48.5 Å². The molecule has 4 aliphatic rings. The fourth-order valence-electron chi connectivity index (χ4n) is 6.10. The second kappa shape index (κ2) is 10.8. The van der Waals surface area contributed by atoms with Gasteiger partial charge in [0.15, 0.2) is 0 Å². The van der Waals surface area contributed by atoms with Gasteiger partial charge < -0.3 is 29.7 Å². The molecule has 3 N–H and O–H groups in total. The highest BCUT2D eigenvalue weighted by Crippen LogP contribution is 2.54. The number of carbonyl (C=O) groups excluding carboxylic acids is 1. The van der Waals surface area contributed by atoms with Crippen molar-refractivity contribution in [3.63, 3.8) is 0 Å². The maximum Gasteiger partial charge on any atom is 0.255 e. The number of sulfonamides is 1. The van der Waals surface area contributed by atoms with Gasteiger partial charge in [-0.2, -0.15) is 0 Å². The molecule has 1 amide bonds. The Kier molecular flexibility index (Phi) is 7.30. The number of nitrogens with one attached hydrogen (secondary N) is 2. The van der Waals surface area contributed by atoms with Crippen molar-refractivity contribution < 1.29 is 27.8 Å². The van der Waals surface area contributed by atoms with Gasteiger partial charge in [-0.05, 0) is 68.4 Å². The van der Waals surface area contributed by atoms with E-state index in [9.17, 15) is 13.2 Å². The minimum Gasteiger partial charge on any atom is -0.491 e. The Morgan fingerprint density at radius 1 is 1.05 bits per heavy atom. The van der Waals surface area contributed by atoms with E-state index in [0.717, 1.165) is 68.1 Å². The van der Waals surface area contributed by atoms with Gasteiger partial charge in [-0.15, -0.1) is 0 Å². The monoisotopic (exact) mass is 570 g/mol. The van der Waals surface area contributed by atoms with Crippen LogP contribution in [0.3, 0.4) is 0 Å². The number of amides is 1. The number of nitrogens with zero attached hydrogens (tertiary/aromatic N) is 2. The summed E-state index contributed by atoms with van der Waals surface area (Å²) in [5.74, 6) is 0.260. The lowest BCUT2D eigenvalue weighted by atomic mass is 9.93. The van der Waals surface area contributed by atoms with E-state index in [0.29, 0.717) is 35.6 Å². The molecule has 0 bridgehead atoms. The van der Waals surface area contributed by atoms with E-state index in [2.05, 4.69) is 19.8 Å². The highest BCUT2D eigenvalue weighted by atomic mass is 32.2. The van der Waals surface area contributed by atoms with Gasteiger partial charge in [0.2, 0.25) is 10.0 Å². The van der Waals surface area contributed by atoms with Crippen LogP contribution in [0.25, 0.3) is 0 Å². The number of carbonyl (C=O) groups is 1. The van der Waals surface area contributed by atoms with Crippen LogP contribution in [0.5, 0.6) is 5.75 Å². The van der Waals surface area contributed by atoms with Gasteiger partial charge in [0.25, 0.3) is 5.91 Å². The minimum atomic E-state index is -3.68. The van der Waals surface area contributed by atoms with Gasteiger partial charge in [0.1, 0.15) is 5.75 Å². The van der Waals surface area contributed by atoms with Crippen LogP contribution < -0.4 is 24.6 Å². The smallest absolute Gasteiger partial charge is 0.255 e. The molecule has 216 valence electrons. The molecule has 0 radical (unpaired) electrons. The van der Waals surface area contributed by atoms with E-state index in [4.69, 9.17) is 14.6 Å². The molecule has 11 heteroatoms. The van der Waals surface area contributed by atoms with Crippen LogP contribution in [0.4, 0.5) is 22.7 Å². The Hall–Kier alpha value is -3.02. The molecule has 0 aromatic heterocycles. The number of hydrogen-bond acceptors (Lipinski definition) is 8. The molecule has 0 unspecified atom stereocenters. The molecule has 3 heterocycles. The van der Waals surface area contributed by atoms with Crippen molar-refractivity contribution >= 4 is 38.7 Å². The Morgan fingerprint density at radius 3 is 2.58 bits per heavy atom. The Morgan fingerprint density at radius 2 is 1.85 bits per heavy atom. The van der Waals surface area contributed by atoms with Crippen molar-refractivity contribution in [1.82, 2.24) is 0 Å². The van der Waals surface area contributed by atoms with E-state index >= 15 is 0 Å². The van der Waals surface area contributed by atoms with Crippen LogP contribution in [0.15, 0.2) is 30.3 Å². The van der Waals surface area contributed by atoms with Gasteiger partial charge in [-0.1, -0.05) is 0 Å². The van der Waals surface area contributed by atoms with E-state index in [1.165, 1.54) is 12.8 Å². The van der Waals surface area contributed by atoms with Crippen molar-refractivity contribution in [3.05, 3.63) is 41.5 Å². The van der Waals surface area contributed by atoms with E-state index in [-0.39, 0.29) is 17.8 Å². The zero-order chi connectivity index (χ0) is 27.9. The molecule has 3 aliphatic heterocycles. The third-order valence-corrected chi connectivity index (χ3v) is 9.88. The van der Waals surface area contributed by atoms with Crippen LogP contribution >= 0.6 is 0 Å². The summed E-state index contributed by atoms with van der Waals surface area (Å²) < 4.78 is 38.9. The molecule has 1 saturated carbocycles. The number of benzene rings is 2. The lowest BCUT2D eigenvalue weighted by Gasteiger charge is -2.35. The number of aliphatic hydroxyl groups excluding tert-OH is 1. The Labute approximate surface area is 235 Å². The molecule has 40 heavy (non-hydrogen) atoms. The number of aliphatic hydroxyl groups is 1. The lowest BCUT2D eigenvalue weighted by Crippen LogP contribution is -2.41. The summed E-state index contributed by atoms with van der Waals surface area (Å²) in [5, 5.41) is 12.3. The van der Waals surface area contributed by atoms with Gasteiger partial charge in [-0.3, -0.25) is 9.52 Å². The molecule has 10 nitrogen and oxygen atoms in total. The fourth-order valence-corrected chi connectivity index (χ4v) is 6.93. The van der Waals surface area contributed by atoms with E-state index in [1.807, 2.05) is 19.1 Å². The topological polar surface area (TPSA) is 120 Å².